The monoisotopic (exact) mass is 657 g/mol. The van der Waals surface area contributed by atoms with E-state index >= 15 is 0 Å². The first-order chi connectivity index (χ1) is 20.6. The standard InChI is InChI=1S/C43H76O4/c1-34(2,3)28-21-30(36(7,8)9)32(40(19,23-28)38(13,14)15)43(47,42(25-44,26-45)27-46)33-31(37(10,11)12)22-29(35(4,5)6)24-41(33,20)39(16,17)18/h21-24,32-33,44-47H,25-27H2,1-20H3. The molecule has 0 amide bonds. The van der Waals surface area contributed by atoms with Crippen molar-refractivity contribution in [1.82, 2.24) is 0 Å². The largest absolute Gasteiger partial charge is 0.395 e. The van der Waals surface area contributed by atoms with Crippen LogP contribution >= 0.6 is 0 Å². The quantitative estimate of drug-likeness (QED) is 0.229. The number of hydrogen-bond acceptors (Lipinski definition) is 4. The molecule has 0 heterocycles. The van der Waals surface area contributed by atoms with E-state index in [1.807, 2.05) is 0 Å². The first-order valence-corrected chi connectivity index (χ1v) is 18.0. The highest BCUT2D eigenvalue weighted by atomic mass is 16.3. The van der Waals surface area contributed by atoms with Crippen LogP contribution in [0.2, 0.25) is 0 Å². The van der Waals surface area contributed by atoms with Crippen LogP contribution in [0.25, 0.3) is 0 Å². The number of hydrogen-bond donors (Lipinski definition) is 4. The summed E-state index contributed by atoms with van der Waals surface area (Å²) in [4.78, 5) is 0. The molecule has 0 saturated carbocycles. The summed E-state index contributed by atoms with van der Waals surface area (Å²) < 4.78 is 0. The Balaban J connectivity index is 3.52. The molecule has 2 aliphatic carbocycles. The van der Waals surface area contributed by atoms with E-state index in [1.165, 1.54) is 11.1 Å². The molecule has 2 aliphatic rings. The second kappa shape index (κ2) is 12.2. The van der Waals surface area contributed by atoms with E-state index < -0.39 is 53.5 Å². The van der Waals surface area contributed by atoms with Crippen LogP contribution in [0.4, 0.5) is 0 Å². The van der Waals surface area contributed by atoms with Crippen molar-refractivity contribution in [2.75, 3.05) is 19.8 Å². The number of allylic oxidation sites excluding steroid dienone is 6. The van der Waals surface area contributed by atoms with E-state index in [4.69, 9.17) is 0 Å². The molecule has 2 rings (SSSR count). The number of aliphatic hydroxyl groups excluding tert-OH is 3. The van der Waals surface area contributed by atoms with Crippen molar-refractivity contribution in [1.29, 1.82) is 0 Å². The van der Waals surface area contributed by atoms with Gasteiger partial charge in [-0.3, -0.25) is 0 Å². The Hall–Kier alpha value is -1.20. The molecular weight excluding hydrogens is 580 g/mol. The number of rotatable bonds is 6. The molecule has 0 aromatic carbocycles. The molecule has 0 bridgehead atoms. The van der Waals surface area contributed by atoms with Gasteiger partial charge in [0.25, 0.3) is 0 Å². The molecule has 0 saturated heterocycles. The van der Waals surface area contributed by atoms with E-state index in [0.717, 1.165) is 11.1 Å². The van der Waals surface area contributed by atoms with Crippen LogP contribution < -0.4 is 0 Å². The fourth-order valence-electron chi connectivity index (χ4n) is 8.21. The molecule has 4 heteroatoms. The van der Waals surface area contributed by atoms with Crippen LogP contribution in [0.3, 0.4) is 0 Å². The third kappa shape index (κ3) is 6.93. The van der Waals surface area contributed by atoms with Gasteiger partial charge in [-0.25, -0.2) is 0 Å². The molecule has 0 aromatic heterocycles. The van der Waals surface area contributed by atoms with Crippen LogP contribution in [0.15, 0.2) is 46.6 Å². The lowest BCUT2D eigenvalue weighted by atomic mass is 9.38. The fraction of sp³-hybridized carbons (Fsp3) is 0.814. The van der Waals surface area contributed by atoms with Crippen LogP contribution in [0, 0.1) is 60.6 Å². The highest BCUT2D eigenvalue weighted by Crippen LogP contribution is 2.70. The topological polar surface area (TPSA) is 80.9 Å². The third-order valence-corrected chi connectivity index (χ3v) is 12.7. The maximum Gasteiger partial charge on any atom is 0.0917 e. The lowest BCUT2D eigenvalue weighted by Crippen LogP contribution is -2.72. The lowest BCUT2D eigenvalue weighted by molar-refractivity contribution is -0.245. The molecule has 4 atom stereocenters. The molecule has 4 N–H and O–H groups in total. The summed E-state index contributed by atoms with van der Waals surface area (Å²) in [6, 6.07) is 0. The van der Waals surface area contributed by atoms with Crippen molar-refractivity contribution in [2.45, 2.75) is 144 Å². The van der Waals surface area contributed by atoms with Gasteiger partial charge in [0.1, 0.15) is 0 Å². The molecule has 0 spiro atoms. The molecule has 4 nitrogen and oxygen atoms in total. The summed E-state index contributed by atoms with van der Waals surface area (Å²) >= 11 is 0. The van der Waals surface area contributed by atoms with Gasteiger partial charge in [-0.1, -0.05) is 174 Å². The highest BCUT2D eigenvalue weighted by Gasteiger charge is 2.71. The average Bonchev–Trinajstić information content (AvgIpc) is 2.85. The predicted molar refractivity (Wildman–Crippen MR) is 201 cm³/mol. The number of aliphatic hydroxyl groups is 4. The summed E-state index contributed by atoms with van der Waals surface area (Å²) in [6.07, 6.45) is 9.36. The lowest BCUT2D eigenvalue weighted by Gasteiger charge is -2.67. The van der Waals surface area contributed by atoms with E-state index in [-0.39, 0.29) is 32.5 Å². The van der Waals surface area contributed by atoms with Gasteiger partial charge in [0.15, 0.2) is 0 Å². The molecule has 0 aliphatic heterocycles. The minimum Gasteiger partial charge on any atom is -0.395 e. The zero-order valence-corrected chi connectivity index (χ0v) is 34.4. The minimum atomic E-state index is -1.81. The SMILES string of the molecule is CC(C)(C)C1=CC(C)(C(C)(C)C)C(C(O)(C2C(C(C)(C)C)=CC(C(C)(C)C)=CC2(C)C(C)(C)C)C(CO)(CO)CO)C(C(C)(C)C)=C1. The summed E-state index contributed by atoms with van der Waals surface area (Å²) in [5.41, 5.74) is -1.95. The summed E-state index contributed by atoms with van der Waals surface area (Å²) in [5, 5.41) is 49.1. The molecule has 0 fully saturated rings. The first kappa shape index (κ1) is 42.0. The van der Waals surface area contributed by atoms with Gasteiger partial charge in [0.05, 0.1) is 30.8 Å². The van der Waals surface area contributed by atoms with E-state index in [2.05, 4.69) is 163 Å². The molecule has 4 unspecified atom stereocenters. The Bertz CT molecular complexity index is 1180. The summed E-state index contributed by atoms with van der Waals surface area (Å²) in [7, 11) is 0. The normalized spacial score (nSPS) is 28.7. The Morgan fingerprint density at radius 2 is 0.745 bits per heavy atom. The predicted octanol–water partition coefficient (Wildman–Crippen LogP) is 9.94. The second-order valence-electron chi connectivity index (χ2n) is 21.9. The zero-order valence-electron chi connectivity index (χ0n) is 34.4. The van der Waals surface area contributed by atoms with Gasteiger partial charge in [-0.2, -0.15) is 0 Å². The van der Waals surface area contributed by atoms with Gasteiger partial charge in [-0.15, -0.1) is 0 Å². The maximum absolute atomic E-state index is 14.6. The molecule has 47 heavy (non-hydrogen) atoms. The molecule has 272 valence electrons. The zero-order chi connectivity index (χ0) is 37.4. The maximum atomic E-state index is 14.6. The average molecular weight is 657 g/mol. The minimum absolute atomic E-state index is 0.153. The Morgan fingerprint density at radius 3 is 0.915 bits per heavy atom. The van der Waals surface area contributed by atoms with Crippen LogP contribution in [-0.4, -0.2) is 45.8 Å². The van der Waals surface area contributed by atoms with Crippen molar-refractivity contribution < 1.29 is 20.4 Å². The molecule has 0 radical (unpaired) electrons. The smallest absolute Gasteiger partial charge is 0.0917 e. The first-order valence-electron chi connectivity index (χ1n) is 18.0. The van der Waals surface area contributed by atoms with Gasteiger partial charge in [0.2, 0.25) is 0 Å². The Labute approximate surface area is 290 Å². The van der Waals surface area contributed by atoms with Crippen molar-refractivity contribution >= 4 is 0 Å². The molecular formula is C43H76O4. The van der Waals surface area contributed by atoms with Crippen LogP contribution in [-0.2, 0) is 0 Å². The summed E-state index contributed by atoms with van der Waals surface area (Å²) in [6.45, 7) is 43.0. The van der Waals surface area contributed by atoms with Gasteiger partial charge in [0, 0.05) is 22.7 Å². The van der Waals surface area contributed by atoms with Crippen molar-refractivity contribution in [3.63, 3.8) is 0 Å². The van der Waals surface area contributed by atoms with E-state index in [0.29, 0.717) is 0 Å². The Kier molecular flexibility index (Phi) is 10.9. The van der Waals surface area contributed by atoms with Crippen LogP contribution in [0.1, 0.15) is 138 Å². The van der Waals surface area contributed by atoms with Gasteiger partial charge in [-0.05, 0) is 43.6 Å². The van der Waals surface area contributed by atoms with Gasteiger partial charge >= 0.3 is 0 Å². The summed E-state index contributed by atoms with van der Waals surface area (Å²) in [5.74, 6) is -1.15. The van der Waals surface area contributed by atoms with Crippen molar-refractivity contribution in [3.8, 4) is 0 Å². The van der Waals surface area contributed by atoms with Crippen molar-refractivity contribution in [3.05, 3.63) is 46.6 Å². The van der Waals surface area contributed by atoms with Gasteiger partial charge < -0.3 is 20.4 Å². The second-order valence-corrected chi connectivity index (χ2v) is 21.9. The third-order valence-electron chi connectivity index (χ3n) is 12.7. The molecule has 0 aromatic rings. The highest BCUT2D eigenvalue weighted by molar-refractivity contribution is 5.48. The van der Waals surface area contributed by atoms with E-state index in [9.17, 15) is 20.4 Å². The van der Waals surface area contributed by atoms with Crippen molar-refractivity contribution in [2.24, 2.45) is 60.6 Å². The fourth-order valence-corrected chi connectivity index (χ4v) is 8.21. The Morgan fingerprint density at radius 1 is 0.489 bits per heavy atom. The van der Waals surface area contributed by atoms with Crippen LogP contribution in [0.5, 0.6) is 0 Å². The van der Waals surface area contributed by atoms with E-state index in [1.54, 1.807) is 0 Å².